The number of Topliss-reactive ketones (excluding diaryl/α,β-unsaturated/α-hetero) is 1. The summed E-state index contributed by atoms with van der Waals surface area (Å²) in [6, 6.07) is 7.53. The Morgan fingerprint density at radius 2 is 1.75 bits per heavy atom. The van der Waals surface area contributed by atoms with Gasteiger partial charge in [0.15, 0.2) is 10.9 Å². The number of aryl methyl sites for hydroxylation is 2. The van der Waals surface area contributed by atoms with Crippen LogP contribution in [-0.4, -0.2) is 21.5 Å². The van der Waals surface area contributed by atoms with Gasteiger partial charge in [-0.25, -0.2) is 14.4 Å². The second kappa shape index (κ2) is 6.61. The lowest BCUT2D eigenvalue weighted by molar-refractivity contribution is 0.0989. The van der Waals surface area contributed by atoms with E-state index < -0.39 is 0 Å². The maximum absolute atomic E-state index is 12.8. The van der Waals surface area contributed by atoms with E-state index >= 15 is 0 Å². The van der Waals surface area contributed by atoms with Crippen molar-refractivity contribution in [3.05, 3.63) is 53.1 Å². The maximum Gasteiger partial charge on any atom is 0.187 e. The number of carbonyl (C=O) groups excluding carboxylic acids is 1. The van der Waals surface area contributed by atoms with Crippen molar-refractivity contribution in [3.63, 3.8) is 0 Å². The molecule has 0 N–H and O–H groups in total. The Balaban J connectivity index is 1.89. The highest BCUT2D eigenvalue weighted by molar-refractivity contribution is 7.99. The van der Waals surface area contributed by atoms with Gasteiger partial charge in [-0.1, -0.05) is 11.8 Å². The van der Waals surface area contributed by atoms with Crippen LogP contribution in [0.2, 0.25) is 0 Å². The molecule has 20 heavy (non-hydrogen) atoms. The molecule has 1 aromatic heterocycles. The molecule has 104 valence electrons. The van der Waals surface area contributed by atoms with Crippen molar-refractivity contribution in [3.8, 4) is 0 Å². The van der Waals surface area contributed by atoms with Crippen molar-refractivity contribution in [1.82, 2.24) is 9.97 Å². The van der Waals surface area contributed by atoms with E-state index in [2.05, 4.69) is 9.97 Å². The molecule has 0 fully saturated rings. The van der Waals surface area contributed by atoms with E-state index in [0.29, 0.717) is 22.9 Å². The number of benzene rings is 1. The lowest BCUT2D eigenvalue weighted by Gasteiger charge is -2.03. The van der Waals surface area contributed by atoms with Crippen LogP contribution in [0.4, 0.5) is 4.39 Å². The Morgan fingerprint density at radius 1 is 1.15 bits per heavy atom. The van der Waals surface area contributed by atoms with Crippen molar-refractivity contribution < 1.29 is 9.18 Å². The number of rotatable bonds is 5. The van der Waals surface area contributed by atoms with Crippen LogP contribution < -0.4 is 0 Å². The number of carbonyl (C=O) groups is 1. The van der Waals surface area contributed by atoms with Crippen LogP contribution in [0.5, 0.6) is 0 Å². The van der Waals surface area contributed by atoms with Gasteiger partial charge < -0.3 is 0 Å². The van der Waals surface area contributed by atoms with E-state index in [1.54, 1.807) is 0 Å². The van der Waals surface area contributed by atoms with Crippen LogP contribution >= 0.6 is 11.8 Å². The zero-order valence-corrected chi connectivity index (χ0v) is 12.2. The third-order valence-electron chi connectivity index (χ3n) is 2.69. The third kappa shape index (κ3) is 4.13. The second-order valence-corrected chi connectivity index (χ2v) is 5.52. The monoisotopic (exact) mass is 290 g/mol. The van der Waals surface area contributed by atoms with Gasteiger partial charge in [-0.05, 0) is 44.2 Å². The average Bonchev–Trinajstić information content (AvgIpc) is 2.38. The highest BCUT2D eigenvalue weighted by Crippen LogP contribution is 2.16. The number of nitrogens with zero attached hydrogens (tertiary/aromatic N) is 2. The predicted molar refractivity (Wildman–Crippen MR) is 77.6 cm³/mol. The van der Waals surface area contributed by atoms with Crippen LogP contribution in [0.1, 0.15) is 28.2 Å². The van der Waals surface area contributed by atoms with Crippen LogP contribution in [0.15, 0.2) is 35.5 Å². The first-order chi connectivity index (χ1) is 9.54. The van der Waals surface area contributed by atoms with Crippen LogP contribution in [0.25, 0.3) is 0 Å². The topological polar surface area (TPSA) is 42.9 Å². The molecule has 0 bridgehead atoms. The molecule has 0 amide bonds. The van der Waals surface area contributed by atoms with Gasteiger partial charge in [0.2, 0.25) is 0 Å². The van der Waals surface area contributed by atoms with Gasteiger partial charge in [-0.15, -0.1) is 0 Å². The minimum Gasteiger partial charge on any atom is -0.294 e. The van der Waals surface area contributed by atoms with E-state index in [9.17, 15) is 9.18 Å². The summed E-state index contributed by atoms with van der Waals surface area (Å²) >= 11 is 1.46. The molecule has 0 aliphatic heterocycles. The quantitative estimate of drug-likeness (QED) is 0.479. The Labute approximate surface area is 121 Å². The standard InChI is InChI=1S/C15H15FN2OS/c1-10-9-11(2)18-15(17-10)20-8-7-14(19)12-3-5-13(16)6-4-12/h3-6,9H,7-8H2,1-2H3. The summed E-state index contributed by atoms with van der Waals surface area (Å²) in [6.07, 6.45) is 0.382. The Bertz CT molecular complexity index is 594. The summed E-state index contributed by atoms with van der Waals surface area (Å²) in [5.74, 6) is 0.278. The largest absolute Gasteiger partial charge is 0.294 e. The van der Waals surface area contributed by atoms with Crippen molar-refractivity contribution in [2.75, 3.05) is 5.75 Å². The van der Waals surface area contributed by atoms with Gasteiger partial charge >= 0.3 is 0 Å². The van der Waals surface area contributed by atoms with Gasteiger partial charge in [0.25, 0.3) is 0 Å². The molecule has 0 saturated heterocycles. The molecule has 0 radical (unpaired) electrons. The first kappa shape index (κ1) is 14.7. The van der Waals surface area contributed by atoms with Gasteiger partial charge in [-0.2, -0.15) is 0 Å². The molecular formula is C15H15FN2OS. The van der Waals surface area contributed by atoms with Crippen LogP contribution in [-0.2, 0) is 0 Å². The summed E-state index contributed by atoms with van der Waals surface area (Å²) in [6.45, 7) is 3.84. The van der Waals surface area contributed by atoms with E-state index in [1.165, 1.54) is 36.0 Å². The Morgan fingerprint density at radius 3 is 2.35 bits per heavy atom. The molecule has 2 aromatic rings. The first-order valence-corrected chi connectivity index (χ1v) is 7.27. The van der Waals surface area contributed by atoms with Gasteiger partial charge in [0.05, 0.1) is 0 Å². The van der Waals surface area contributed by atoms with Crippen LogP contribution in [0.3, 0.4) is 0 Å². The normalized spacial score (nSPS) is 10.6. The third-order valence-corrected chi connectivity index (χ3v) is 3.54. The number of hydrogen-bond acceptors (Lipinski definition) is 4. The van der Waals surface area contributed by atoms with E-state index in [-0.39, 0.29) is 11.6 Å². The molecule has 2 rings (SSSR count). The van der Waals surface area contributed by atoms with Crippen molar-refractivity contribution in [1.29, 1.82) is 0 Å². The van der Waals surface area contributed by atoms with Gasteiger partial charge in [0.1, 0.15) is 5.82 Å². The zero-order valence-electron chi connectivity index (χ0n) is 11.4. The van der Waals surface area contributed by atoms with E-state index in [0.717, 1.165) is 11.4 Å². The molecular weight excluding hydrogens is 275 g/mol. The fraction of sp³-hybridized carbons (Fsp3) is 0.267. The molecule has 0 saturated carbocycles. The summed E-state index contributed by atoms with van der Waals surface area (Å²) in [7, 11) is 0. The van der Waals surface area contributed by atoms with Crippen LogP contribution in [0, 0.1) is 19.7 Å². The second-order valence-electron chi connectivity index (χ2n) is 4.46. The SMILES string of the molecule is Cc1cc(C)nc(SCCC(=O)c2ccc(F)cc2)n1. The predicted octanol–water partition coefficient (Wildman–Crippen LogP) is 3.60. The summed E-state index contributed by atoms with van der Waals surface area (Å²) in [5, 5.41) is 0.689. The maximum atomic E-state index is 12.8. The van der Waals surface area contributed by atoms with E-state index in [1.807, 2.05) is 19.9 Å². The van der Waals surface area contributed by atoms with Crippen molar-refractivity contribution in [2.45, 2.75) is 25.4 Å². The van der Waals surface area contributed by atoms with Crippen molar-refractivity contribution >= 4 is 17.5 Å². The Kier molecular flexibility index (Phi) is 4.84. The Hall–Kier alpha value is -1.75. The molecule has 0 aliphatic carbocycles. The molecule has 1 aromatic carbocycles. The molecule has 1 heterocycles. The van der Waals surface area contributed by atoms with Gasteiger partial charge in [0, 0.05) is 29.1 Å². The summed E-state index contributed by atoms with van der Waals surface area (Å²) < 4.78 is 12.8. The molecule has 0 atom stereocenters. The number of halogens is 1. The highest BCUT2D eigenvalue weighted by atomic mass is 32.2. The minimum absolute atomic E-state index is 0.00174. The minimum atomic E-state index is -0.334. The fourth-order valence-electron chi connectivity index (χ4n) is 1.77. The molecule has 3 nitrogen and oxygen atoms in total. The highest BCUT2D eigenvalue weighted by Gasteiger charge is 2.07. The summed E-state index contributed by atoms with van der Waals surface area (Å²) in [5.41, 5.74) is 2.38. The number of ketones is 1. The molecule has 0 unspecified atom stereocenters. The average molecular weight is 290 g/mol. The van der Waals surface area contributed by atoms with E-state index in [4.69, 9.17) is 0 Å². The fourth-order valence-corrected chi connectivity index (χ4v) is 2.66. The molecule has 0 aliphatic rings. The lowest BCUT2D eigenvalue weighted by Crippen LogP contribution is -2.01. The molecule has 0 spiro atoms. The smallest absolute Gasteiger partial charge is 0.187 e. The van der Waals surface area contributed by atoms with Gasteiger partial charge in [-0.3, -0.25) is 4.79 Å². The number of aromatic nitrogens is 2. The number of hydrogen-bond donors (Lipinski definition) is 0. The first-order valence-electron chi connectivity index (χ1n) is 6.28. The number of thioether (sulfide) groups is 1. The molecule has 5 heteroatoms. The lowest BCUT2D eigenvalue weighted by atomic mass is 10.1. The summed E-state index contributed by atoms with van der Waals surface area (Å²) in [4.78, 5) is 20.5. The van der Waals surface area contributed by atoms with Crippen molar-refractivity contribution in [2.24, 2.45) is 0 Å². The zero-order chi connectivity index (χ0) is 14.5.